The number of nitrogens with one attached hydrogen (secondary N) is 2. The third kappa shape index (κ3) is 2.48. The lowest BCUT2D eigenvalue weighted by molar-refractivity contribution is 0.0697. The van der Waals surface area contributed by atoms with Crippen LogP contribution in [0.4, 0.5) is 11.4 Å². The summed E-state index contributed by atoms with van der Waals surface area (Å²) in [6.45, 7) is 3.94. The maximum absolute atomic E-state index is 11.8. The number of carbonyl (C=O) groups is 2. The highest BCUT2D eigenvalue weighted by Gasteiger charge is 2.25. The predicted molar refractivity (Wildman–Crippen MR) is 86.1 cm³/mol. The van der Waals surface area contributed by atoms with E-state index in [1.807, 2.05) is 26.0 Å². The average Bonchev–Trinajstić information content (AvgIpc) is 2.52. The first-order chi connectivity index (χ1) is 10.9. The number of carboxylic acid groups (broad SMARTS) is 1. The maximum Gasteiger partial charge on any atom is 0.337 e. The molecule has 1 amide bonds. The molecule has 2 aromatic rings. The van der Waals surface area contributed by atoms with Gasteiger partial charge in [-0.15, -0.1) is 0 Å². The zero-order chi connectivity index (χ0) is 16.7. The summed E-state index contributed by atoms with van der Waals surface area (Å²) in [5, 5.41) is 15.0. The fraction of sp³-hybridized carbons (Fsp3) is 0.176. The van der Waals surface area contributed by atoms with Gasteiger partial charge in [-0.2, -0.15) is 0 Å². The Bertz CT molecular complexity index is 843. The summed E-state index contributed by atoms with van der Waals surface area (Å²) in [4.78, 5) is 23.4. The summed E-state index contributed by atoms with van der Waals surface area (Å²) in [7, 11) is 1.49. The van der Waals surface area contributed by atoms with Gasteiger partial charge in [0.15, 0.2) is 11.5 Å². The maximum atomic E-state index is 11.8. The highest BCUT2D eigenvalue weighted by molar-refractivity contribution is 6.03. The molecule has 0 radical (unpaired) electrons. The summed E-state index contributed by atoms with van der Waals surface area (Å²) >= 11 is 0. The van der Waals surface area contributed by atoms with Gasteiger partial charge in [-0.25, -0.2) is 4.79 Å². The van der Waals surface area contributed by atoms with E-state index in [1.165, 1.54) is 19.2 Å². The van der Waals surface area contributed by atoms with E-state index >= 15 is 0 Å². The van der Waals surface area contributed by atoms with Crippen molar-refractivity contribution in [3.8, 4) is 11.5 Å². The molecule has 0 saturated heterocycles. The van der Waals surface area contributed by atoms with Gasteiger partial charge in [-0.1, -0.05) is 0 Å². The molecule has 1 heterocycles. The van der Waals surface area contributed by atoms with E-state index in [1.54, 1.807) is 0 Å². The molecule has 23 heavy (non-hydrogen) atoms. The minimum absolute atomic E-state index is 0.00928. The number of rotatable bonds is 2. The Morgan fingerprint density at radius 3 is 2.43 bits per heavy atom. The molecular weight excluding hydrogens is 296 g/mol. The first-order valence-corrected chi connectivity index (χ1v) is 7.10. The second kappa shape index (κ2) is 5.31. The number of hydrogen-bond acceptors (Lipinski definition) is 4. The molecule has 6 heteroatoms. The van der Waals surface area contributed by atoms with Gasteiger partial charge < -0.3 is 20.5 Å². The standard InChI is InChI=1S/C17H16N2O4/c1-8-4-12-13(5-9(8)2)23-14-7-10(16(20)18-3)6-11(17(21)22)15(14)19-12/h4-7,19H,1-3H3,(H,18,20)(H,21,22). The van der Waals surface area contributed by atoms with Crippen molar-refractivity contribution >= 4 is 23.3 Å². The van der Waals surface area contributed by atoms with E-state index in [0.29, 0.717) is 22.9 Å². The molecule has 0 spiro atoms. The van der Waals surface area contributed by atoms with Crippen molar-refractivity contribution in [1.29, 1.82) is 0 Å². The Morgan fingerprint density at radius 2 is 1.78 bits per heavy atom. The molecule has 3 N–H and O–H groups in total. The van der Waals surface area contributed by atoms with Gasteiger partial charge in [0.05, 0.1) is 16.9 Å². The first kappa shape index (κ1) is 14.9. The van der Waals surface area contributed by atoms with E-state index in [9.17, 15) is 14.7 Å². The third-order valence-electron chi connectivity index (χ3n) is 3.90. The molecule has 0 atom stereocenters. The van der Waals surface area contributed by atoms with Crippen molar-refractivity contribution < 1.29 is 19.4 Å². The molecule has 0 aromatic heterocycles. The Hall–Kier alpha value is -3.02. The predicted octanol–water partition coefficient (Wildman–Crippen LogP) is 3.21. The Labute approximate surface area is 133 Å². The number of aromatic carboxylic acids is 1. The fourth-order valence-electron chi connectivity index (χ4n) is 2.49. The molecule has 0 saturated carbocycles. The van der Waals surface area contributed by atoms with Crippen molar-refractivity contribution in [2.24, 2.45) is 0 Å². The third-order valence-corrected chi connectivity index (χ3v) is 3.90. The van der Waals surface area contributed by atoms with Crippen molar-refractivity contribution in [2.75, 3.05) is 12.4 Å². The van der Waals surface area contributed by atoms with Gasteiger partial charge >= 0.3 is 5.97 Å². The quantitative estimate of drug-likeness (QED) is 0.676. The summed E-state index contributed by atoms with van der Waals surface area (Å²) in [5.74, 6) is -0.578. The molecule has 6 nitrogen and oxygen atoms in total. The van der Waals surface area contributed by atoms with Crippen LogP contribution >= 0.6 is 0 Å². The monoisotopic (exact) mass is 312 g/mol. The number of fused-ring (bicyclic) bond motifs is 2. The number of hydrogen-bond donors (Lipinski definition) is 3. The highest BCUT2D eigenvalue weighted by atomic mass is 16.5. The largest absolute Gasteiger partial charge is 0.478 e. The molecule has 1 aliphatic heterocycles. The summed E-state index contributed by atoms with van der Waals surface area (Å²) in [6, 6.07) is 6.66. The summed E-state index contributed by atoms with van der Waals surface area (Å²) < 4.78 is 5.83. The number of carboxylic acids is 1. The summed E-state index contributed by atoms with van der Waals surface area (Å²) in [6.07, 6.45) is 0. The molecular formula is C17H16N2O4. The Balaban J connectivity index is 2.16. The lowest BCUT2D eigenvalue weighted by atomic mass is 10.0. The van der Waals surface area contributed by atoms with Crippen molar-refractivity contribution in [1.82, 2.24) is 5.32 Å². The van der Waals surface area contributed by atoms with Crippen LogP contribution in [0, 0.1) is 13.8 Å². The van der Waals surface area contributed by atoms with Gasteiger partial charge in [-0.05, 0) is 49.2 Å². The summed E-state index contributed by atoms with van der Waals surface area (Å²) in [5.41, 5.74) is 3.41. The molecule has 0 fully saturated rings. The van der Waals surface area contributed by atoms with Gasteiger partial charge in [0, 0.05) is 12.6 Å². The van der Waals surface area contributed by atoms with Crippen molar-refractivity contribution in [3.63, 3.8) is 0 Å². The van der Waals surface area contributed by atoms with Crippen LogP contribution in [0.3, 0.4) is 0 Å². The van der Waals surface area contributed by atoms with Gasteiger partial charge in [0.2, 0.25) is 0 Å². The van der Waals surface area contributed by atoms with Crippen molar-refractivity contribution in [2.45, 2.75) is 13.8 Å². The zero-order valence-corrected chi connectivity index (χ0v) is 13.0. The minimum atomic E-state index is -1.13. The second-order valence-electron chi connectivity index (χ2n) is 5.44. The van der Waals surface area contributed by atoms with Gasteiger partial charge in [-0.3, -0.25) is 4.79 Å². The van der Waals surface area contributed by atoms with E-state index < -0.39 is 5.97 Å². The number of benzene rings is 2. The SMILES string of the molecule is CNC(=O)c1cc2c(c(C(=O)O)c1)Nc1cc(C)c(C)cc1O2. The molecule has 0 unspecified atom stereocenters. The zero-order valence-electron chi connectivity index (χ0n) is 13.0. The van der Waals surface area contributed by atoms with Crippen LogP contribution in [-0.4, -0.2) is 24.0 Å². The number of ether oxygens (including phenoxy) is 1. The molecule has 1 aliphatic rings. The number of amides is 1. The topological polar surface area (TPSA) is 87.7 Å². The lowest BCUT2D eigenvalue weighted by Gasteiger charge is -2.24. The Kier molecular flexibility index (Phi) is 3.44. The van der Waals surface area contributed by atoms with Crippen LogP contribution in [0.15, 0.2) is 24.3 Å². The van der Waals surface area contributed by atoms with E-state index in [4.69, 9.17) is 4.74 Å². The molecule has 2 aromatic carbocycles. The number of carbonyl (C=O) groups excluding carboxylic acids is 1. The normalized spacial score (nSPS) is 11.6. The van der Waals surface area contributed by atoms with E-state index in [0.717, 1.165) is 11.1 Å². The molecule has 0 aliphatic carbocycles. The second-order valence-corrected chi connectivity index (χ2v) is 5.44. The molecule has 118 valence electrons. The fourth-order valence-corrected chi connectivity index (χ4v) is 2.49. The van der Waals surface area contributed by atoms with Crippen LogP contribution in [0.2, 0.25) is 0 Å². The number of aryl methyl sites for hydroxylation is 2. The first-order valence-electron chi connectivity index (χ1n) is 7.10. The molecule has 3 rings (SSSR count). The van der Waals surface area contributed by atoms with Gasteiger partial charge in [0.25, 0.3) is 5.91 Å². The van der Waals surface area contributed by atoms with Crippen LogP contribution in [0.1, 0.15) is 31.8 Å². The van der Waals surface area contributed by atoms with Crippen molar-refractivity contribution in [3.05, 3.63) is 46.5 Å². The average molecular weight is 312 g/mol. The van der Waals surface area contributed by atoms with Crippen LogP contribution in [-0.2, 0) is 0 Å². The van der Waals surface area contributed by atoms with Gasteiger partial charge in [0.1, 0.15) is 0 Å². The highest BCUT2D eigenvalue weighted by Crippen LogP contribution is 2.45. The van der Waals surface area contributed by atoms with Crippen LogP contribution < -0.4 is 15.4 Å². The Morgan fingerprint density at radius 1 is 1.09 bits per heavy atom. The minimum Gasteiger partial charge on any atom is -0.478 e. The van der Waals surface area contributed by atoms with Crippen LogP contribution in [0.25, 0.3) is 0 Å². The molecule has 0 bridgehead atoms. The number of anilines is 2. The van der Waals surface area contributed by atoms with Crippen LogP contribution in [0.5, 0.6) is 11.5 Å². The van der Waals surface area contributed by atoms with E-state index in [2.05, 4.69) is 10.6 Å². The van der Waals surface area contributed by atoms with E-state index in [-0.39, 0.29) is 17.0 Å². The lowest BCUT2D eigenvalue weighted by Crippen LogP contribution is -2.19. The smallest absolute Gasteiger partial charge is 0.337 e.